The van der Waals surface area contributed by atoms with Crippen molar-refractivity contribution in [1.82, 2.24) is 4.57 Å². The molecule has 30 heavy (non-hydrogen) atoms. The molecule has 1 aliphatic rings. The van der Waals surface area contributed by atoms with E-state index in [1.54, 1.807) is 30.3 Å². The Morgan fingerprint density at radius 1 is 1.10 bits per heavy atom. The maximum absolute atomic E-state index is 14.5. The highest BCUT2D eigenvalue weighted by Crippen LogP contribution is 2.45. The van der Waals surface area contributed by atoms with Gasteiger partial charge in [-0.15, -0.1) is 0 Å². The molecule has 0 bridgehead atoms. The molecule has 2 aromatic carbocycles. The number of carbonyl (C=O) groups excluding carboxylic acids is 2. The number of nitrogens with zero attached hydrogens (tertiary/aromatic N) is 2. The zero-order valence-corrected chi connectivity index (χ0v) is 16.6. The molecule has 2 heterocycles. The molecule has 1 atom stereocenters. The standard InChI is InChI=1S/C21H16F2N2O4S/c1-29-17(27)11-24-20-19(30-21(24)28)13(18-14(22)8-5-9-15(18)23)10-16(26)25(20)12-6-3-2-4-7-12/h2-9,13H,10-11H2,1H3. The van der Waals surface area contributed by atoms with E-state index < -0.39 is 40.8 Å². The van der Waals surface area contributed by atoms with Crippen molar-refractivity contribution < 1.29 is 23.1 Å². The number of para-hydroxylation sites is 1. The maximum Gasteiger partial charge on any atom is 0.325 e. The number of hydrogen-bond donors (Lipinski definition) is 0. The summed E-state index contributed by atoms with van der Waals surface area (Å²) in [4.78, 5) is 38.9. The van der Waals surface area contributed by atoms with E-state index in [0.29, 0.717) is 10.6 Å². The van der Waals surface area contributed by atoms with Gasteiger partial charge in [0, 0.05) is 17.9 Å². The summed E-state index contributed by atoms with van der Waals surface area (Å²) in [6.07, 6.45) is -0.224. The van der Waals surface area contributed by atoms with Gasteiger partial charge in [-0.3, -0.25) is 23.9 Å². The summed E-state index contributed by atoms with van der Waals surface area (Å²) in [7, 11) is 1.18. The molecular formula is C21H16F2N2O4S. The number of carbonyl (C=O) groups is 2. The molecular weight excluding hydrogens is 414 g/mol. The van der Waals surface area contributed by atoms with Gasteiger partial charge in [0.15, 0.2) is 0 Å². The molecule has 6 nitrogen and oxygen atoms in total. The quantitative estimate of drug-likeness (QED) is 0.594. The molecule has 3 aromatic rings. The third kappa shape index (κ3) is 3.30. The van der Waals surface area contributed by atoms with Crippen molar-refractivity contribution in [1.29, 1.82) is 0 Å². The van der Waals surface area contributed by atoms with Crippen molar-refractivity contribution in [2.45, 2.75) is 18.9 Å². The van der Waals surface area contributed by atoms with Crippen LogP contribution in [0.25, 0.3) is 0 Å². The highest BCUT2D eigenvalue weighted by molar-refractivity contribution is 7.10. The number of esters is 1. The van der Waals surface area contributed by atoms with Crippen LogP contribution >= 0.6 is 11.3 Å². The van der Waals surface area contributed by atoms with Gasteiger partial charge < -0.3 is 4.74 Å². The van der Waals surface area contributed by atoms with Crippen molar-refractivity contribution in [3.05, 3.63) is 80.3 Å². The van der Waals surface area contributed by atoms with Crippen molar-refractivity contribution in [2.24, 2.45) is 0 Å². The first-order valence-corrected chi connectivity index (χ1v) is 9.86. The second-order valence-electron chi connectivity index (χ2n) is 6.67. The Balaban J connectivity index is 1.97. The molecule has 1 aromatic heterocycles. The Morgan fingerprint density at radius 2 is 1.77 bits per heavy atom. The monoisotopic (exact) mass is 430 g/mol. The lowest BCUT2D eigenvalue weighted by Gasteiger charge is -2.32. The fourth-order valence-electron chi connectivity index (χ4n) is 3.60. The van der Waals surface area contributed by atoms with Gasteiger partial charge in [-0.1, -0.05) is 35.6 Å². The van der Waals surface area contributed by atoms with Gasteiger partial charge in [-0.2, -0.15) is 0 Å². The normalized spacial score (nSPS) is 15.8. The topological polar surface area (TPSA) is 68.6 Å². The summed E-state index contributed by atoms with van der Waals surface area (Å²) in [6.45, 7) is -0.426. The van der Waals surface area contributed by atoms with Crippen LogP contribution in [0, 0.1) is 11.6 Å². The third-order valence-corrected chi connectivity index (χ3v) is 6.01. The molecule has 0 spiro atoms. The molecule has 0 fully saturated rings. The van der Waals surface area contributed by atoms with Gasteiger partial charge in [0.2, 0.25) is 5.91 Å². The minimum absolute atomic E-state index is 0.130. The summed E-state index contributed by atoms with van der Waals surface area (Å²) in [5.74, 6) is -3.58. The second-order valence-corrected chi connectivity index (χ2v) is 7.67. The smallest absolute Gasteiger partial charge is 0.325 e. The first-order valence-electron chi connectivity index (χ1n) is 9.04. The Hall–Kier alpha value is -3.33. The zero-order valence-electron chi connectivity index (χ0n) is 15.8. The second kappa shape index (κ2) is 7.83. The predicted molar refractivity (Wildman–Crippen MR) is 107 cm³/mol. The number of thiazole rings is 1. The van der Waals surface area contributed by atoms with E-state index >= 15 is 0 Å². The fraction of sp³-hybridized carbons (Fsp3) is 0.190. The van der Waals surface area contributed by atoms with Gasteiger partial charge >= 0.3 is 10.8 Å². The summed E-state index contributed by atoms with van der Waals surface area (Å²) >= 11 is 0.762. The van der Waals surface area contributed by atoms with E-state index in [0.717, 1.165) is 28.0 Å². The Morgan fingerprint density at radius 3 is 2.40 bits per heavy atom. The van der Waals surface area contributed by atoms with Crippen LogP contribution < -0.4 is 9.77 Å². The molecule has 154 valence electrons. The molecule has 9 heteroatoms. The summed E-state index contributed by atoms with van der Waals surface area (Å²) < 4.78 is 34.8. The van der Waals surface area contributed by atoms with Crippen LogP contribution in [0.1, 0.15) is 22.8 Å². The number of anilines is 2. The van der Waals surface area contributed by atoms with E-state index in [4.69, 9.17) is 0 Å². The number of aromatic nitrogens is 1. The highest BCUT2D eigenvalue weighted by Gasteiger charge is 2.40. The number of rotatable bonds is 4. The minimum Gasteiger partial charge on any atom is -0.468 e. The summed E-state index contributed by atoms with van der Waals surface area (Å²) in [6, 6.07) is 12.0. The predicted octanol–water partition coefficient (Wildman–Crippen LogP) is 3.56. The number of ether oxygens (including phenoxy) is 1. The molecule has 1 unspecified atom stereocenters. The number of hydrogen-bond acceptors (Lipinski definition) is 5. The molecule has 0 N–H and O–H groups in total. The van der Waals surface area contributed by atoms with E-state index in [9.17, 15) is 23.2 Å². The first kappa shape index (κ1) is 20.0. The molecule has 4 rings (SSSR count). The lowest BCUT2D eigenvalue weighted by molar-refractivity contribution is -0.141. The van der Waals surface area contributed by atoms with Crippen molar-refractivity contribution in [3.8, 4) is 0 Å². The van der Waals surface area contributed by atoms with Gasteiger partial charge in [0.1, 0.15) is 24.0 Å². The average Bonchev–Trinajstić information content (AvgIpc) is 3.04. The van der Waals surface area contributed by atoms with Gasteiger partial charge in [-0.25, -0.2) is 8.78 Å². The fourth-order valence-corrected chi connectivity index (χ4v) is 4.69. The Bertz CT molecular complexity index is 1170. The van der Waals surface area contributed by atoms with Crippen molar-refractivity contribution in [2.75, 3.05) is 12.0 Å². The Kier molecular flexibility index (Phi) is 5.21. The lowest BCUT2D eigenvalue weighted by Crippen LogP contribution is -2.36. The average molecular weight is 430 g/mol. The highest BCUT2D eigenvalue weighted by atomic mass is 32.1. The molecule has 0 saturated heterocycles. The van der Waals surface area contributed by atoms with Gasteiger partial charge in [-0.05, 0) is 24.3 Å². The van der Waals surface area contributed by atoms with Crippen LogP contribution in [0.4, 0.5) is 20.3 Å². The van der Waals surface area contributed by atoms with E-state index in [1.807, 2.05) is 0 Å². The van der Waals surface area contributed by atoms with Crippen LogP contribution in [0.3, 0.4) is 0 Å². The number of benzene rings is 2. The van der Waals surface area contributed by atoms with Crippen LogP contribution in [0.2, 0.25) is 0 Å². The molecule has 1 amide bonds. The SMILES string of the molecule is COC(=O)Cn1c2c(sc1=O)C(c1c(F)cccc1F)CC(=O)N2c1ccccc1. The van der Waals surface area contributed by atoms with Crippen molar-refractivity contribution >= 4 is 34.7 Å². The lowest BCUT2D eigenvalue weighted by atomic mass is 9.89. The van der Waals surface area contributed by atoms with E-state index in [2.05, 4.69) is 4.74 Å². The molecule has 0 radical (unpaired) electrons. The molecule has 0 aliphatic carbocycles. The van der Waals surface area contributed by atoms with Crippen LogP contribution in [0.5, 0.6) is 0 Å². The van der Waals surface area contributed by atoms with Crippen LogP contribution in [0.15, 0.2) is 53.3 Å². The maximum atomic E-state index is 14.5. The molecule has 1 aliphatic heterocycles. The van der Waals surface area contributed by atoms with Gasteiger partial charge in [0.05, 0.1) is 17.7 Å². The van der Waals surface area contributed by atoms with Gasteiger partial charge in [0.25, 0.3) is 0 Å². The summed E-state index contributed by atoms with van der Waals surface area (Å²) in [5, 5.41) is 0. The van der Waals surface area contributed by atoms with E-state index in [1.165, 1.54) is 18.1 Å². The number of fused-ring (bicyclic) bond motifs is 1. The third-order valence-electron chi connectivity index (χ3n) is 4.93. The molecule has 0 saturated carbocycles. The van der Waals surface area contributed by atoms with E-state index in [-0.39, 0.29) is 17.8 Å². The first-order chi connectivity index (χ1) is 14.4. The number of methoxy groups -OCH3 is 1. The van der Waals surface area contributed by atoms with Crippen molar-refractivity contribution in [3.63, 3.8) is 0 Å². The number of amides is 1. The minimum atomic E-state index is -0.981. The largest absolute Gasteiger partial charge is 0.468 e. The number of halogens is 2. The summed E-state index contributed by atoms with van der Waals surface area (Å²) in [5.41, 5.74) is 0.207. The zero-order chi connectivity index (χ0) is 21.4. The Labute approximate surface area is 173 Å². The van der Waals surface area contributed by atoms with Crippen LogP contribution in [-0.4, -0.2) is 23.6 Å². The van der Waals surface area contributed by atoms with Crippen LogP contribution in [-0.2, 0) is 20.9 Å².